The van der Waals surface area contributed by atoms with E-state index in [9.17, 15) is 9.90 Å². The fraction of sp³-hybridized carbons (Fsp3) is 0.125. The molecule has 6 aromatic rings. The minimum Gasteiger partial charge on any atom is -0.478 e. The summed E-state index contributed by atoms with van der Waals surface area (Å²) < 4.78 is 4.98. The first-order valence-corrected chi connectivity index (χ1v) is 11.1. The number of carbonyl (C=O) groups is 1. The third-order valence-corrected chi connectivity index (χ3v) is 6.25. The number of aromatic nitrogens is 9. The summed E-state index contributed by atoms with van der Waals surface area (Å²) in [4.78, 5) is 20.3. The number of fused-ring (bicyclic) bond motifs is 2. The molecule has 0 saturated carbocycles. The molecule has 0 aliphatic carbocycles. The summed E-state index contributed by atoms with van der Waals surface area (Å²) in [5.41, 5.74) is 10.4. The monoisotopic (exact) mass is 480 g/mol. The number of carboxylic acids is 1. The van der Waals surface area contributed by atoms with Gasteiger partial charge < -0.3 is 10.8 Å². The summed E-state index contributed by atoms with van der Waals surface area (Å²) in [6.45, 7) is 1.91. The van der Waals surface area contributed by atoms with Crippen molar-refractivity contribution in [2.45, 2.75) is 13.0 Å². The third-order valence-electron chi connectivity index (χ3n) is 6.25. The Morgan fingerprint density at radius 2 is 1.94 bits per heavy atom. The van der Waals surface area contributed by atoms with Crippen LogP contribution in [0.15, 0.2) is 61.2 Å². The van der Waals surface area contributed by atoms with Gasteiger partial charge in [-0.2, -0.15) is 10.2 Å². The number of aryl methyl sites for hydroxylation is 1. The first kappa shape index (κ1) is 21.4. The number of rotatable bonds is 5. The second-order valence-corrected chi connectivity index (χ2v) is 8.34. The first-order chi connectivity index (χ1) is 17.4. The van der Waals surface area contributed by atoms with E-state index >= 15 is 0 Å². The van der Waals surface area contributed by atoms with E-state index in [0.29, 0.717) is 33.9 Å². The maximum atomic E-state index is 11.7. The molecular weight excluding hydrogens is 460 g/mol. The predicted molar refractivity (Wildman–Crippen MR) is 132 cm³/mol. The highest BCUT2D eigenvalue weighted by molar-refractivity contribution is 6.05. The molecule has 1 atom stereocenters. The average molecular weight is 480 g/mol. The number of nitrogens with two attached hydrogens (primary N) is 1. The Morgan fingerprint density at radius 3 is 2.78 bits per heavy atom. The molecule has 0 aliphatic rings. The van der Waals surface area contributed by atoms with Crippen LogP contribution in [0.2, 0.25) is 0 Å². The van der Waals surface area contributed by atoms with E-state index in [1.165, 1.54) is 17.1 Å². The van der Waals surface area contributed by atoms with Crippen LogP contribution in [0.4, 0.5) is 5.82 Å². The molecule has 12 nitrogen and oxygen atoms in total. The van der Waals surface area contributed by atoms with Crippen molar-refractivity contribution in [3.63, 3.8) is 0 Å². The molecule has 0 radical (unpaired) electrons. The van der Waals surface area contributed by atoms with Crippen molar-refractivity contribution < 1.29 is 9.90 Å². The van der Waals surface area contributed by atoms with Gasteiger partial charge >= 0.3 is 5.97 Å². The molecular formula is C24H20N10O2. The Labute approximate surface area is 203 Å². The highest BCUT2D eigenvalue weighted by atomic mass is 16.4. The van der Waals surface area contributed by atoms with Gasteiger partial charge in [0.2, 0.25) is 0 Å². The molecule has 178 valence electrons. The lowest BCUT2D eigenvalue weighted by Gasteiger charge is -2.09. The van der Waals surface area contributed by atoms with Crippen LogP contribution in [0.5, 0.6) is 0 Å². The van der Waals surface area contributed by atoms with Crippen LogP contribution in [0, 0.1) is 0 Å². The number of nitrogen functional groups attached to an aromatic ring is 1. The Balaban J connectivity index is 1.50. The van der Waals surface area contributed by atoms with Gasteiger partial charge in [-0.05, 0) is 25.1 Å². The predicted octanol–water partition coefficient (Wildman–Crippen LogP) is 2.85. The van der Waals surface area contributed by atoms with Crippen LogP contribution < -0.4 is 5.73 Å². The van der Waals surface area contributed by atoms with Gasteiger partial charge in [0.15, 0.2) is 5.65 Å². The molecule has 0 saturated heterocycles. The molecule has 0 fully saturated rings. The molecule has 1 unspecified atom stereocenters. The molecule has 4 heterocycles. The molecule has 3 N–H and O–H groups in total. The van der Waals surface area contributed by atoms with E-state index in [-0.39, 0.29) is 5.56 Å². The molecule has 2 aromatic carbocycles. The highest BCUT2D eigenvalue weighted by Crippen LogP contribution is 2.36. The van der Waals surface area contributed by atoms with Gasteiger partial charge in [0.1, 0.15) is 23.5 Å². The zero-order valence-electron chi connectivity index (χ0n) is 19.3. The smallest absolute Gasteiger partial charge is 0.337 e. The number of anilines is 1. The average Bonchev–Trinajstić information content (AvgIpc) is 3.62. The standard InChI is InChI=1S/C24H20N10O2/c1-13(17-11-33(31-29-17)19-8-4-3-6-15(19)24(35)36)34-23-20(22(25)26-12-27-23)21(30-34)14-7-5-9-18-16(14)10-28-32(18)2/h3-13H,1-2H3,(H,35,36)(H2,25,26,27). The van der Waals surface area contributed by atoms with Crippen molar-refractivity contribution in [3.05, 3.63) is 72.4 Å². The van der Waals surface area contributed by atoms with Crippen molar-refractivity contribution in [3.8, 4) is 16.9 Å². The normalized spacial score (nSPS) is 12.4. The molecule has 12 heteroatoms. The Morgan fingerprint density at radius 1 is 1.11 bits per heavy atom. The largest absolute Gasteiger partial charge is 0.478 e. The highest BCUT2D eigenvalue weighted by Gasteiger charge is 2.24. The first-order valence-electron chi connectivity index (χ1n) is 11.1. The summed E-state index contributed by atoms with van der Waals surface area (Å²) in [7, 11) is 1.88. The number of benzene rings is 2. The lowest BCUT2D eigenvalue weighted by atomic mass is 10.1. The number of hydrogen-bond donors (Lipinski definition) is 2. The summed E-state index contributed by atoms with van der Waals surface area (Å²) in [5.74, 6) is -0.733. The van der Waals surface area contributed by atoms with Gasteiger partial charge in [0, 0.05) is 18.0 Å². The van der Waals surface area contributed by atoms with Crippen LogP contribution in [0.3, 0.4) is 0 Å². The minimum atomic E-state index is -1.05. The number of nitrogens with zero attached hydrogens (tertiary/aromatic N) is 9. The second-order valence-electron chi connectivity index (χ2n) is 8.34. The minimum absolute atomic E-state index is 0.124. The SMILES string of the molecule is CC(c1cn(-c2ccccc2C(=O)O)nn1)n1nc(-c2cccc3c2cnn3C)c2c(N)ncnc21. The number of aromatic carboxylic acids is 1. The zero-order chi connectivity index (χ0) is 25.0. The summed E-state index contributed by atoms with van der Waals surface area (Å²) in [6.07, 6.45) is 4.88. The van der Waals surface area contributed by atoms with E-state index < -0.39 is 12.0 Å². The maximum absolute atomic E-state index is 11.7. The van der Waals surface area contributed by atoms with E-state index in [0.717, 1.165) is 16.5 Å². The van der Waals surface area contributed by atoms with Crippen molar-refractivity contribution in [1.29, 1.82) is 0 Å². The van der Waals surface area contributed by atoms with Gasteiger partial charge in [0.25, 0.3) is 0 Å². The van der Waals surface area contributed by atoms with Gasteiger partial charge in [-0.1, -0.05) is 29.5 Å². The number of para-hydroxylation sites is 1. The molecule has 36 heavy (non-hydrogen) atoms. The van der Waals surface area contributed by atoms with Gasteiger partial charge in [0.05, 0.1) is 40.6 Å². The van der Waals surface area contributed by atoms with E-state index in [4.69, 9.17) is 10.8 Å². The van der Waals surface area contributed by atoms with E-state index in [2.05, 4.69) is 25.4 Å². The third kappa shape index (κ3) is 3.19. The lowest BCUT2D eigenvalue weighted by Crippen LogP contribution is -2.10. The lowest BCUT2D eigenvalue weighted by molar-refractivity contribution is 0.0696. The van der Waals surface area contributed by atoms with E-state index in [1.807, 2.05) is 32.2 Å². The van der Waals surface area contributed by atoms with Crippen LogP contribution in [-0.2, 0) is 7.05 Å². The Bertz CT molecular complexity index is 1780. The Hall–Kier alpha value is -5.13. The summed E-state index contributed by atoms with van der Waals surface area (Å²) >= 11 is 0. The molecule has 4 aromatic heterocycles. The van der Waals surface area contributed by atoms with Gasteiger partial charge in [-0.15, -0.1) is 5.10 Å². The van der Waals surface area contributed by atoms with Crippen LogP contribution >= 0.6 is 0 Å². The fourth-order valence-electron chi connectivity index (χ4n) is 4.40. The number of carboxylic acid groups (broad SMARTS) is 1. The summed E-state index contributed by atoms with van der Waals surface area (Å²) in [5, 5.41) is 28.9. The Kier molecular flexibility index (Phi) is 4.74. The summed E-state index contributed by atoms with van der Waals surface area (Å²) in [6, 6.07) is 12.1. The molecule has 0 amide bonds. The van der Waals surface area contributed by atoms with Crippen molar-refractivity contribution >= 4 is 33.7 Å². The topological polar surface area (TPSA) is 155 Å². The van der Waals surface area contributed by atoms with Crippen molar-refractivity contribution in [2.24, 2.45) is 7.05 Å². The number of hydrogen-bond acceptors (Lipinski definition) is 8. The van der Waals surface area contributed by atoms with Crippen molar-refractivity contribution in [2.75, 3.05) is 5.73 Å². The zero-order valence-corrected chi connectivity index (χ0v) is 19.3. The molecule has 6 rings (SSSR count). The quantitative estimate of drug-likeness (QED) is 0.379. The molecule has 0 aliphatic heterocycles. The van der Waals surface area contributed by atoms with Crippen LogP contribution in [0.1, 0.15) is 29.0 Å². The maximum Gasteiger partial charge on any atom is 0.337 e. The molecule has 0 bridgehead atoms. The fourth-order valence-corrected chi connectivity index (χ4v) is 4.40. The van der Waals surface area contributed by atoms with Crippen LogP contribution in [0.25, 0.3) is 38.9 Å². The molecule has 0 spiro atoms. The second kappa shape index (κ2) is 7.98. The van der Waals surface area contributed by atoms with Crippen LogP contribution in [-0.4, -0.2) is 55.6 Å². The van der Waals surface area contributed by atoms with Gasteiger partial charge in [-0.3, -0.25) is 4.68 Å². The van der Waals surface area contributed by atoms with Crippen molar-refractivity contribution in [1.82, 2.24) is 44.5 Å². The van der Waals surface area contributed by atoms with Gasteiger partial charge in [-0.25, -0.2) is 24.1 Å². The van der Waals surface area contributed by atoms with E-state index in [1.54, 1.807) is 40.0 Å².